The van der Waals surface area contributed by atoms with Gasteiger partial charge < -0.3 is 0 Å². The molecular weight excluding hydrogens is 295 g/mol. The first-order valence-corrected chi connectivity index (χ1v) is 6.62. The summed E-state index contributed by atoms with van der Waals surface area (Å²) < 4.78 is 0. The molecular formula is C14H23F5S. The minimum atomic E-state index is 0. The van der Waals surface area contributed by atoms with Gasteiger partial charge in [-0.25, -0.2) is 0 Å². The highest BCUT2D eigenvalue weighted by atomic mass is 32.2. The minimum Gasteiger partial charge on any atom is -0.269 e. The van der Waals surface area contributed by atoms with Crippen LogP contribution in [0.3, 0.4) is 0 Å². The maximum absolute atomic E-state index is 2.44. The summed E-state index contributed by atoms with van der Waals surface area (Å²) in [6.45, 7) is 2.30. The summed E-state index contributed by atoms with van der Waals surface area (Å²) in [4.78, 5) is 2.93. The molecule has 120 valence electrons. The van der Waals surface area contributed by atoms with Crippen molar-refractivity contribution in [1.29, 1.82) is 0 Å². The molecule has 20 heavy (non-hydrogen) atoms. The first kappa shape index (κ1) is 27.3. The average Bonchev–Trinajstić information content (AvgIpc) is 2.31. The Bertz CT molecular complexity index is 343. The molecule has 1 aromatic rings. The van der Waals surface area contributed by atoms with E-state index in [-0.39, 0.29) is 23.5 Å². The van der Waals surface area contributed by atoms with Gasteiger partial charge in [-0.15, -0.1) is 0 Å². The van der Waals surface area contributed by atoms with Crippen molar-refractivity contribution in [3.63, 3.8) is 0 Å². The van der Waals surface area contributed by atoms with E-state index in [1.54, 1.807) is 4.91 Å². The van der Waals surface area contributed by atoms with Crippen LogP contribution < -0.4 is 0 Å². The molecule has 0 N–H and O–H groups in total. The molecule has 1 atom stereocenters. The summed E-state index contributed by atoms with van der Waals surface area (Å²) in [5.74, 6) is 0.935. The van der Waals surface area contributed by atoms with Gasteiger partial charge in [0.05, 0.1) is 0 Å². The molecule has 0 nitrogen and oxygen atoms in total. The van der Waals surface area contributed by atoms with Crippen molar-refractivity contribution in [3.8, 4) is 0 Å². The van der Waals surface area contributed by atoms with Gasteiger partial charge in [-0.3, -0.25) is 23.5 Å². The lowest BCUT2D eigenvalue weighted by atomic mass is 9.92. The van der Waals surface area contributed by atoms with Crippen molar-refractivity contribution >= 4 is 11.8 Å². The first-order valence-electron chi connectivity index (χ1n) is 5.80. The molecule has 1 unspecified atom stereocenters. The number of hydrogen-bond acceptors (Lipinski definition) is 1. The second-order valence-corrected chi connectivity index (χ2v) is 5.33. The van der Waals surface area contributed by atoms with Crippen LogP contribution in [0.5, 0.6) is 0 Å². The zero-order valence-corrected chi connectivity index (χ0v) is 12.1. The van der Waals surface area contributed by atoms with Gasteiger partial charge in [-0.1, -0.05) is 49.4 Å². The monoisotopic (exact) mass is 318 g/mol. The van der Waals surface area contributed by atoms with E-state index < -0.39 is 0 Å². The Balaban J connectivity index is -0.000000256. The lowest BCUT2D eigenvalue weighted by molar-refractivity contribution is 0.463. The highest BCUT2D eigenvalue weighted by molar-refractivity contribution is 8.03. The van der Waals surface area contributed by atoms with Gasteiger partial charge in [0.1, 0.15) is 0 Å². The average molecular weight is 318 g/mol. The van der Waals surface area contributed by atoms with Crippen molar-refractivity contribution in [2.75, 3.05) is 0 Å². The van der Waals surface area contributed by atoms with E-state index >= 15 is 0 Å². The summed E-state index contributed by atoms with van der Waals surface area (Å²) in [5.41, 5.74) is 0. The third kappa shape index (κ3) is 8.19. The fourth-order valence-corrected chi connectivity index (χ4v) is 2.96. The van der Waals surface area contributed by atoms with Gasteiger partial charge in [0, 0.05) is 4.90 Å². The molecule has 1 aromatic carbocycles. The maximum Gasteiger partial charge on any atom is 0.0118 e. The zero-order valence-electron chi connectivity index (χ0n) is 11.3. The lowest BCUT2D eigenvalue weighted by Gasteiger charge is -2.19. The molecule has 0 fully saturated rings. The molecule has 6 heteroatoms. The molecule has 0 saturated heterocycles. The third-order valence-electron chi connectivity index (χ3n) is 3.05. The molecule has 0 amide bonds. The summed E-state index contributed by atoms with van der Waals surface area (Å²) in [5, 5.41) is 0. The van der Waals surface area contributed by atoms with E-state index in [9.17, 15) is 0 Å². The fourth-order valence-electron chi connectivity index (χ4n) is 1.97. The molecule has 0 aromatic heterocycles. The van der Waals surface area contributed by atoms with Crippen LogP contribution in [0.2, 0.25) is 0 Å². The quantitative estimate of drug-likeness (QED) is 0.650. The zero-order chi connectivity index (χ0) is 10.5. The van der Waals surface area contributed by atoms with Crippen molar-refractivity contribution in [1.82, 2.24) is 0 Å². The second-order valence-electron chi connectivity index (χ2n) is 4.13. The molecule has 0 spiro atoms. The van der Waals surface area contributed by atoms with E-state index in [0.29, 0.717) is 0 Å². The molecule has 1 aliphatic rings. The molecule has 0 heterocycles. The van der Waals surface area contributed by atoms with Crippen molar-refractivity contribution in [3.05, 3.63) is 41.3 Å². The summed E-state index contributed by atoms with van der Waals surface area (Å²) in [6.07, 6.45) is 7.71. The van der Waals surface area contributed by atoms with Gasteiger partial charge >= 0.3 is 0 Å². The van der Waals surface area contributed by atoms with E-state index in [0.717, 1.165) is 5.92 Å². The van der Waals surface area contributed by atoms with Gasteiger partial charge in [0.2, 0.25) is 0 Å². The topological polar surface area (TPSA) is 0 Å². The normalized spacial score (nSPS) is 15.8. The highest BCUT2D eigenvalue weighted by Crippen LogP contribution is 2.35. The lowest BCUT2D eigenvalue weighted by Crippen LogP contribution is -2.02. The van der Waals surface area contributed by atoms with Crippen LogP contribution in [0.4, 0.5) is 23.5 Å². The Morgan fingerprint density at radius 3 is 2.05 bits per heavy atom. The molecule has 0 radical (unpaired) electrons. The first-order chi connectivity index (χ1) is 7.38. The van der Waals surface area contributed by atoms with Gasteiger partial charge in [0.15, 0.2) is 0 Å². The number of hydrogen-bond donors (Lipinski definition) is 0. The van der Waals surface area contributed by atoms with Crippen molar-refractivity contribution in [2.45, 2.75) is 37.5 Å². The van der Waals surface area contributed by atoms with Crippen molar-refractivity contribution < 1.29 is 23.5 Å². The molecule has 1 aliphatic carbocycles. The predicted octanol–water partition coefficient (Wildman–Crippen LogP) is 5.64. The second kappa shape index (κ2) is 14.4. The van der Waals surface area contributed by atoms with Gasteiger partial charge in [-0.2, -0.15) is 0 Å². The summed E-state index contributed by atoms with van der Waals surface area (Å²) >= 11 is 1.94. The number of rotatable bonds is 3. The third-order valence-corrected chi connectivity index (χ3v) is 4.19. The predicted molar refractivity (Wildman–Crippen MR) is 80.5 cm³/mol. The fraction of sp³-hybridized carbons (Fsp3) is 0.429. The van der Waals surface area contributed by atoms with E-state index in [2.05, 4.69) is 43.3 Å². The smallest absolute Gasteiger partial charge is 0.0118 e. The maximum atomic E-state index is 2.44. The Labute approximate surface area is 120 Å². The van der Waals surface area contributed by atoms with Crippen LogP contribution in [0.15, 0.2) is 46.2 Å². The Morgan fingerprint density at radius 1 is 1.00 bits per heavy atom. The van der Waals surface area contributed by atoms with Crippen LogP contribution in [0.1, 0.15) is 32.6 Å². The van der Waals surface area contributed by atoms with E-state index in [1.807, 2.05) is 11.8 Å². The SMILES string of the molecule is CCC1CC=C(Sc2ccccc2)CC1.F.F.F.F.F. The van der Waals surface area contributed by atoms with Crippen LogP contribution in [0, 0.1) is 5.92 Å². The summed E-state index contributed by atoms with van der Waals surface area (Å²) in [6, 6.07) is 10.7. The van der Waals surface area contributed by atoms with E-state index in [4.69, 9.17) is 0 Å². The van der Waals surface area contributed by atoms with Crippen LogP contribution in [0.25, 0.3) is 0 Å². The van der Waals surface area contributed by atoms with Gasteiger partial charge in [0.25, 0.3) is 0 Å². The largest absolute Gasteiger partial charge is 0.269 e. The number of halogens is 5. The Kier molecular flexibility index (Phi) is 19.6. The van der Waals surface area contributed by atoms with Crippen molar-refractivity contribution in [2.24, 2.45) is 5.92 Å². The molecule has 0 bridgehead atoms. The molecule has 2 rings (SSSR count). The molecule has 0 aliphatic heterocycles. The minimum absolute atomic E-state index is 0. The molecule has 0 saturated carbocycles. The Morgan fingerprint density at radius 2 is 1.60 bits per heavy atom. The summed E-state index contributed by atoms with van der Waals surface area (Å²) in [7, 11) is 0. The highest BCUT2D eigenvalue weighted by Gasteiger charge is 2.12. The van der Waals surface area contributed by atoms with E-state index in [1.165, 1.54) is 30.6 Å². The standard InChI is InChI=1S/C14H18S.5FH/c1-2-12-8-10-14(11-9-12)15-13-6-4-3-5-7-13;;;;;/h3-7,10,12H,2,8-9,11H2,1H3;5*1H. The Hall–Kier alpha value is -1.04. The van der Waals surface area contributed by atoms with Crippen LogP contribution >= 0.6 is 11.8 Å². The number of thioether (sulfide) groups is 1. The van der Waals surface area contributed by atoms with Crippen LogP contribution in [-0.2, 0) is 0 Å². The number of benzene rings is 1. The van der Waals surface area contributed by atoms with Crippen LogP contribution in [-0.4, -0.2) is 0 Å². The number of allylic oxidation sites excluding steroid dienone is 2. The van der Waals surface area contributed by atoms with Gasteiger partial charge in [-0.05, 0) is 42.2 Å².